The molecule has 2 aromatic carbocycles. The zero-order valence-corrected chi connectivity index (χ0v) is 13.2. The summed E-state index contributed by atoms with van der Waals surface area (Å²) in [5.74, 6) is 0.351. The SMILES string of the molecule is O=C(NCCc1nccn1Cc1ccccc1)c1ccc(F)cc1. The smallest absolute Gasteiger partial charge is 0.251 e. The number of hydrogen-bond acceptors (Lipinski definition) is 2. The first-order valence-electron chi connectivity index (χ1n) is 7.80. The minimum atomic E-state index is -0.352. The molecule has 1 amide bonds. The number of imidazole rings is 1. The van der Waals surface area contributed by atoms with Gasteiger partial charge in [-0.1, -0.05) is 30.3 Å². The molecule has 5 heteroatoms. The molecule has 0 saturated carbocycles. The van der Waals surface area contributed by atoms with Gasteiger partial charge in [-0.05, 0) is 29.8 Å². The van der Waals surface area contributed by atoms with E-state index in [-0.39, 0.29) is 11.7 Å². The number of halogens is 1. The van der Waals surface area contributed by atoms with Crippen molar-refractivity contribution < 1.29 is 9.18 Å². The molecule has 0 spiro atoms. The van der Waals surface area contributed by atoms with Crippen LogP contribution in [-0.2, 0) is 13.0 Å². The highest BCUT2D eigenvalue weighted by atomic mass is 19.1. The van der Waals surface area contributed by atoms with Gasteiger partial charge in [0.2, 0.25) is 0 Å². The number of carbonyl (C=O) groups excluding carboxylic acids is 1. The number of nitrogens with one attached hydrogen (secondary N) is 1. The summed E-state index contributed by atoms with van der Waals surface area (Å²) in [6.07, 6.45) is 4.33. The molecule has 0 fully saturated rings. The van der Waals surface area contributed by atoms with Crippen molar-refractivity contribution in [2.75, 3.05) is 6.54 Å². The fourth-order valence-corrected chi connectivity index (χ4v) is 2.48. The van der Waals surface area contributed by atoms with Gasteiger partial charge in [0.15, 0.2) is 0 Å². The first kappa shape index (κ1) is 15.9. The van der Waals surface area contributed by atoms with Gasteiger partial charge in [-0.25, -0.2) is 9.37 Å². The highest BCUT2D eigenvalue weighted by molar-refractivity contribution is 5.94. The Morgan fingerprint density at radius 3 is 2.58 bits per heavy atom. The maximum absolute atomic E-state index is 12.9. The number of benzene rings is 2. The molecule has 0 bridgehead atoms. The monoisotopic (exact) mass is 323 g/mol. The van der Waals surface area contributed by atoms with E-state index >= 15 is 0 Å². The van der Waals surface area contributed by atoms with Crippen molar-refractivity contribution >= 4 is 5.91 Å². The fourth-order valence-electron chi connectivity index (χ4n) is 2.48. The van der Waals surface area contributed by atoms with Crippen molar-refractivity contribution in [2.24, 2.45) is 0 Å². The lowest BCUT2D eigenvalue weighted by Gasteiger charge is -2.09. The van der Waals surface area contributed by atoms with Crippen LogP contribution in [0.2, 0.25) is 0 Å². The molecule has 0 aliphatic rings. The molecule has 0 radical (unpaired) electrons. The maximum atomic E-state index is 12.9. The number of hydrogen-bond donors (Lipinski definition) is 1. The van der Waals surface area contributed by atoms with Crippen molar-refractivity contribution in [3.8, 4) is 0 Å². The summed E-state index contributed by atoms with van der Waals surface area (Å²) in [7, 11) is 0. The molecule has 3 rings (SSSR count). The highest BCUT2D eigenvalue weighted by Gasteiger charge is 2.07. The molecular formula is C19H18FN3O. The Morgan fingerprint density at radius 1 is 1.08 bits per heavy atom. The standard InChI is InChI=1S/C19H18FN3O/c20-17-8-6-16(7-9-17)19(24)22-11-10-18-21-12-13-23(18)14-15-4-2-1-3-5-15/h1-9,12-13H,10-11,14H2,(H,22,24). The Kier molecular flexibility index (Phi) is 5.01. The van der Waals surface area contributed by atoms with Crippen molar-refractivity contribution in [1.82, 2.24) is 14.9 Å². The van der Waals surface area contributed by atoms with Gasteiger partial charge in [0.25, 0.3) is 5.91 Å². The fraction of sp³-hybridized carbons (Fsp3) is 0.158. The van der Waals surface area contributed by atoms with Crippen molar-refractivity contribution in [3.63, 3.8) is 0 Å². The van der Waals surface area contributed by atoms with Gasteiger partial charge >= 0.3 is 0 Å². The summed E-state index contributed by atoms with van der Waals surface area (Å²) >= 11 is 0. The van der Waals surface area contributed by atoms with E-state index in [1.54, 1.807) is 6.20 Å². The predicted octanol–water partition coefficient (Wildman–Crippen LogP) is 3.04. The third kappa shape index (κ3) is 4.07. The molecule has 0 unspecified atom stereocenters. The second-order valence-corrected chi connectivity index (χ2v) is 5.47. The zero-order valence-electron chi connectivity index (χ0n) is 13.2. The van der Waals surface area contributed by atoms with Crippen molar-refractivity contribution in [1.29, 1.82) is 0 Å². The summed E-state index contributed by atoms with van der Waals surface area (Å²) in [4.78, 5) is 16.4. The van der Waals surface area contributed by atoms with Crippen LogP contribution in [0.4, 0.5) is 4.39 Å². The average Bonchev–Trinajstić information content (AvgIpc) is 3.03. The third-order valence-electron chi connectivity index (χ3n) is 3.74. The number of carbonyl (C=O) groups is 1. The zero-order chi connectivity index (χ0) is 16.8. The van der Waals surface area contributed by atoms with Crippen LogP contribution in [0.5, 0.6) is 0 Å². The first-order valence-corrected chi connectivity index (χ1v) is 7.80. The summed E-state index contributed by atoms with van der Waals surface area (Å²) in [6.45, 7) is 1.23. The van der Waals surface area contributed by atoms with Crippen LogP contribution in [0.15, 0.2) is 67.0 Å². The normalized spacial score (nSPS) is 10.5. The molecule has 1 N–H and O–H groups in total. The Hall–Kier alpha value is -2.95. The minimum absolute atomic E-state index is 0.212. The molecule has 4 nitrogen and oxygen atoms in total. The van der Waals surface area contributed by atoms with Crippen molar-refractivity contribution in [2.45, 2.75) is 13.0 Å². The van der Waals surface area contributed by atoms with Crippen LogP contribution in [0, 0.1) is 5.82 Å². The van der Waals surface area contributed by atoms with Gasteiger partial charge < -0.3 is 9.88 Å². The van der Waals surface area contributed by atoms with E-state index in [9.17, 15) is 9.18 Å². The Balaban J connectivity index is 1.55. The second-order valence-electron chi connectivity index (χ2n) is 5.47. The molecule has 1 aromatic heterocycles. The molecule has 0 saturated heterocycles. The molecule has 0 aliphatic heterocycles. The van der Waals surface area contributed by atoms with Gasteiger partial charge in [-0.2, -0.15) is 0 Å². The molecule has 122 valence electrons. The van der Waals surface area contributed by atoms with E-state index in [0.717, 1.165) is 12.4 Å². The van der Waals surface area contributed by atoms with E-state index in [1.165, 1.54) is 29.8 Å². The summed E-state index contributed by atoms with van der Waals surface area (Å²) in [5.41, 5.74) is 1.65. The maximum Gasteiger partial charge on any atom is 0.251 e. The summed E-state index contributed by atoms with van der Waals surface area (Å²) in [5, 5.41) is 2.83. The summed E-state index contributed by atoms with van der Waals surface area (Å²) in [6, 6.07) is 15.7. The van der Waals surface area contributed by atoms with E-state index in [2.05, 4.69) is 27.0 Å². The van der Waals surface area contributed by atoms with E-state index < -0.39 is 0 Å². The Bertz CT molecular complexity index is 797. The van der Waals surface area contributed by atoms with Crippen LogP contribution in [-0.4, -0.2) is 22.0 Å². The van der Waals surface area contributed by atoms with Gasteiger partial charge in [0.05, 0.1) is 0 Å². The Morgan fingerprint density at radius 2 is 1.83 bits per heavy atom. The molecule has 0 aliphatic carbocycles. The predicted molar refractivity (Wildman–Crippen MR) is 90.2 cm³/mol. The first-order chi connectivity index (χ1) is 11.7. The number of nitrogens with zero attached hydrogens (tertiary/aromatic N) is 2. The summed E-state index contributed by atoms with van der Waals surface area (Å²) < 4.78 is 14.9. The van der Waals surface area contributed by atoms with Crippen molar-refractivity contribution in [3.05, 3.63) is 89.8 Å². The molecule has 0 atom stereocenters. The van der Waals surface area contributed by atoms with Gasteiger partial charge in [-0.3, -0.25) is 4.79 Å². The average molecular weight is 323 g/mol. The second kappa shape index (κ2) is 7.55. The topological polar surface area (TPSA) is 46.9 Å². The van der Waals surface area contributed by atoms with E-state index in [0.29, 0.717) is 18.5 Å². The number of amides is 1. The van der Waals surface area contributed by atoms with Gasteiger partial charge in [-0.15, -0.1) is 0 Å². The van der Waals surface area contributed by atoms with Crippen LogP contribution in [0.1, 0.15) is 21.7 Å². The van der Waals surface area contributed by atoms with Crippen LogP contribution < -0.4 is 5.32 Å². The highest BCUT2D eigenvalue weighted by Crippen LogP contribution is 2.06. The molecule has 1 heterocycles. The van der Waals surface area contributed by atoms with E-state index in [1.807, 2.05) is 24.4 Å². The number of rotatable bonds is 6. The third-order valence-corrected chi connectivity index (χ3v) is 3.74. The largest absolute Gasteiger partial charge is 0.352 e. The lowest BCUT2D eigenvalue weighted by atomic mass is 10.2. The van der Waals surface area contributed by atoms with Crippen LogP contribution in [0.25, 0.3) is 0 Å². The number of aromatic nitrogens is 2. The van der Waals surface area contributed by atoms with E-state index in [4.69, 9.17) is 0 Å². The lowest BCUT2D eigenvalue weighted by molar-refractivity contribution is 0.0954. The van der Waals surface area contributed by atoms with Crippen LogP contribution in [0.3, 0.4) is 0 Å². The molecule has 24 heavy (non-hydrogen) atoms. The minimum Gasteiger partial charge on any atom is -0.352 e. The Labute approximate surface area is 140 Å². The van der Waals surface area contributed by atoms with Gasteiger partial charge in [0.1, 0.15) is 11.6 Å². The van der Waals surface area contributed by atoms with Crippen LogP contribution >= 0.6 is 0 Å². The molecular weight excluding hydrogens is 305 g/mol. The van der Waals surface area contributed by atoms with Gasteiger partial charge in [0, 0.05) is 37.5 Å². The lowest BCUT2D eigenvalue weighted by Crippen LogP contribution is -2.26. The molecule has 3 aromatic rings. The quantitative estimate of drug-likeness (QED) is 0.758.